The summed E-state index contributed by atoms with van der Waals surface area (Å²) in [5.41, 5.74) is 0. The van der Waals surface area contributed by atoms with Crippen molar-refractivity contribution in [3.05, 3.63) is 0 Å². The van der Waals surface area contributed by atoms with Crippen LogP contribution in [0.4, 0.5) is 0 Å². The second-order valence-electron chi connectivity index (χ2n) is 0. The van der Waals surface area contributed by atoms with Crippen molar-refractivity contribution < 1.29 is 26.2 Å². The Labute approximate surface area is 75.2 Å². The van der Waals surface area contributed by atoms with Crippen molar-refractivity contribution >= 4 is 49.6 Å². The van der Waals surface area contributed by atoms with Crippen LogP contribution in [0.25, 0.3) is 0 Å². The fourth-order valence-electron chi connectivity index (χ4n) is 0. The molecule has 0 bridgehead atoms. The monoisotopic (exact) mass is 234 g/mol. The van der Waals surface area contributed by atoms with Gasteiger partial charge < -0.3 is 0 Å². The van der Waals surface area contributed by atoms with Gasteiger partial charge in [0.05, 0.1) is 0 Å². The van der Waals surface area contributed by atoms with Crippen LogP contribution in [-0.4, -0.2) is 0 Å². The van der Waals surface area contributed by atoms with Crippen LogP contribution in [0.2, 0.25) is 0 Å². The van der Waals surface area contributed by atoms with Crippen LogP contribution in [0, 0.1) is 0 Å². The van der Waals surface area contributed by atoms with Gasteiger partial charge in [-0.05, 0) is 0 Å². The molecule has 5 heteroatoms. The van der Waals surface area contributed by atoms with Crippen molar-refractivity contribution in [1.29, 1.82) is 0 Å². The second kappa shape index (κ2) is 36.8. The van der Waals surface area contributed by atoms with Gasteiger partial charge in [-0.2, -0.15) is 0 Å². The molecule has 0 spiro atoms. The molecular formula is H4Cl4Zr+2. The van der Waals surface area contributed by atoms with E-state index >= 15 is 0 Å². The summed E-state index contributed by atoms with van der Waals surface area (Å²) in [4.78, 5) is 0. The first-order chi connectivity index (χ1) is 0. The summed E-state index contributed by atoms with van der Waals surface area (Å²) < 4.78 is 0. The molecular weight excluding hydrogens is 233 g/mol. The minimum atomic E-state index is 0. The van der Waals surface area contributed by atoms with Crippen LogP contribution >= 0.6 is 49.6 Å². The maximum Gasteiger partial charge on any atom is 2.00 e. The summed E-state index contributed by atoms with van der Waals surface area (Å²) >= 11 is 0. The van der Waals surface area contributed by atoms with E-state index in [4.69, 9.17) is 0 Å². The number of halogens is 4. The van der Waals surface area contributed by atoms with Crippen molar-refractivity contribution in [2.45, 2.75) is 0 Å². The molecule has 5 heavy (non-hydrogen) atoms. The van der Waals surface area contributed by atoms with Crippen LogP contribution < -0.4 is 0 Å². The van der Waals surface area contributed by atoms with E-state index in [9.17, 15) is 0 Å². The Kier molecular flexibility index (Phi) is 454. The zero-order chi connectivity index (χ0) is 0. The van der Waals surface area contributed by atoms with E-state index in [1.807, 2.05) is 0 Å². The number of hydrogen-bond acceptors (Lipinski definition) is 0. The van der Waals surface area contributed by atoms with Crippen LogP contribution in [0.5, 0.6) is 0 Å². The summed E-state index contributed by atoms with van der Waals surface area (Å²) in [6.07, 6.45) is 0. The van der Waals surface area contributed by atoms with Gasteiger partial charge in [-0.15, -0.1) is 49.6 Å². The molecule has 0 nitrogen and oxygen atoms in total. The normalized spacial score (nSPS) is 0. The Hall–Kier alpha value is 2.04. The number of hydrogen-bond donors (Lipinski definition) is 0. The Morgan fingerprint density at radius 2 is 0.400 bits per heavy atom. The first kappa shape index (κ1) is 61.6. The molecule has 0 fully saturated rings. The Morgan fingerprint density at radius 1 is 0.400 bits per heavy atom. The van der Waals surface area contributed by atoms with Gasteiger partial charge in [0.15, 0.2) is 0 Å². The van der Waals surface area contributed by atoms with Crippen LogP contribution in [-0.2, 0) is 26.2 Å². The molecule has 0 aliphatic rings. The molecule has 0 aliphatic carbocycles. The van der Waals surface area contributed by atoms with E-state index in [-0.39, 0.29) is 75.8 Å². The molecule has 0 heterocycles. The SMILES string of the molecule is Cl.Cl.Cl.Cl.[Zr+2]. The first-order valence-corrected chi connectivity index (χ1v) is 0. The zero-order valence-electron chi connectivity index (χ0n) is 2.13. The molecule has 0 saturated carbocycles. The van der Waals surface area contributed by atoms with Crippen molar-refractivity contribution in [1.82, 2.24) is 0 Å². The van der Waals surface area contributed by atoms with Gasteiger partial charge in [-0.3, -0.25) is 0 Å². The minimum Gasteiger partial charge on any atom is -0.147 e. The predicted octanol–water partition coefficient (Wildman–Crippen LogP) is 1.68. The van der Waals surface area contributed by atoms with Crippen molar-refractivity contribution in [2.75, 3.05) is 0 Å². The van der Waals surface area contributed by atoms with E-state index in [1.165, 1.54) is 0 Å². The summed E-state index contributed by atoms with van der Waals surface area (Å²) in [5.74, 6) is 0. The zero-order valence-corrected chi connectivity index (χ0v) is 7.86. The Bertz CT molecular complexity index is 3.61. The third-order valence-electron chi connectivity index (χ3n) is 0. The fourth-order valence-corrected chi connectivity index (χ4v) is 0. The Balaban J connectivity index is 0. The Morgan fingerprint density at radius 3 is 0.400 bits per heavy atom. The van der Waals surface area contributed by atoms with Gasteiger partial charge in [0, 0.05) is 0 Å². The van der Waals surface area contributed by atoms with E-state index in [0.29, 0.717) is 0 Å². The summed E-state index contributed by atoms with van der Waals surface area (Å²) in [5, 5.41) is 0. The van der Waals surface area contributed by atoms with Crippen LogP contribution in [0.3, 0.4) is 0 Å². The molecule has 0 rings (SSSR count). The molecule has 0 unspecified atom stereocenters. The fraction of sp³-hybridized carbons (Fsp3) is 0. The third kappa shape index (κ3) is 23.7. The van der Waals surface area contributed by atoms with E-state index in [0.717, 1.165) is 0 Å². The van der Waals surface area contributed by atoms with E-state index in [2.05, 4.69) is 0 Å². The average Bonchev–Trinajstić information content (AvgIpc) is 0. The first-order valence-electron chi connectivity index (χ1n) is 0. The molecule has 0 amide bonds. The molecule has 34 valence electrons. The average molecular weight is 237 g/mol. The van der Waals surface area contributed by atoms with Gasteiger partial charge in [0.25, 0.3) is 0 Å². The van der Waals surface area contributed by atoms with Gasteiger partial charge in [-0.1, -0.05) is 0 Å². The topological polar surface area (TPSA) is 0 Å². The third-order valence-corrected chi connectivity index (χ3v) is 0. The molecule has 0 aromatic rings. The second-order valence-corrected chi connectivity index (χ2v) is 0. The van der Waals surface area contributed by atoms with Crippen LogP contribution in [0.1, 0.15) is 0 Å². The van der Waals surface area contributed by atoms with Crippen molar-refractivity contribution in [2.24, 2.45) is 0 Å². The standard InChI is InChI=1S/4ClH.Zr/h4*1H;/q;;;;+2. The molecule has 0 N–H and O–H groups in total. The summed E-state index contributed by atoms with van der Waals surface area (Å²) in [6, 6.07) is 0. The number of rotatable bonds is 0. The van der Waals surface area contributed by atoms with Gasteiger partial charge in [-0.25, -0.2) is 0 Å². The molecule has 0 atom stereocenters. The quantitative estimate of drug-likeness (QED) is 0.601. The van der Waals surface area contributed by atoms with Crippen molar-refractivity contribution in [3.8, 4) is 0 Å². The minimum absolute atomic E-state index is 0. The van der Waals surface area contributed by atoms with Gasteiger partial charge >= 0.3 is 26.2 Å². The van der Waals surface area contributed by atoms with Crippen molar-refractivity contribution in [3.63, 3.8) is 0 Å². The molecule has 0 aromatic heterocycles. The summed E-state index contributed by atoms with van der Waals surface area (Å²) in [7, 11) is 0. The van der Waals surface area contributed by atoms with E-state index < -0.39 is 0 Å². The molecule has 0 saturated heterocycles. The maximum absolute atomic E-state index is 0. The van der Waals surface area contributed by atoms with E-state index in [1.54, 1.807) is 0 Å². The molecule has 0 radical (unpaired) electrons. The van der Waals surface area contributed by atoms with Gasteiger partial charge in [0.1, 0.15) is 0 Å². The smallest absolute Gasteiger partial charge is 0.147 e. The van der Waals surface area contributed by atoms with Gasteiger partial charge in [0.2, 0.25) is 0 Å². The maximum atomic E-state index is 0. The van der Waals surface area contributed by atoms with Crippen LogP contribution in [0.15, 0.2) is 0 Å². The summed E-state index contributed by atoms with van der Waals surface area (Å²) in [6.45, 7) is 0. The largest absolute Gasteiger partial charge is 2.00 e. The molecule has 0 aliphatic heterocycles. The predicted molar refractivity (Wildman–Crippen MR) is 29.0 cm³/mol. The molecule has 0 aromatic carbocycles.